The fourth-order valence-corrected chi connectivity index (χ4v) is 25.6. The van der Waals surface area contributed by atoms with Crippen molar-refractivity contribution in [1.29, 1.82) is 0 Å². The lowest BCUT2D eigenvalue weighted by molar-refractivity contribution is -0.343. The molecule has 1 heterocycles. The summed E-state index contributed by atoms with van der Waals surface area (Å²) in [4.78, 5) is 46.5. The van der Waals surface area contributed by atoms with E-state index < -0.39 is 105 Å². The first-order chi connectivity index (χ1) is 31.9. The van der Waals surface area contributed by atoms with Gasteiger partial charge in [0.15, 0.2) is 11.4 Å². The molecule has 1 aliphatic heterocycles. The molecule has 13 nitrogen and oxygen atoms in total. The molecule has 3 fully saturated rings. The van der Waals surface area contributed by atoms with Crippen LogP contribution in [0.1, 0.15) is 141 Å². The second-order valence-electron chi connectivity index (χ2n) is 23.1. The Balaban J connectivity index is 2.09. The van der Waals surface area contributed by atoms with Crippen LogP contribution in [0.5, 0.6) is 0 Å². The van der Waals surface area contributed by atoms with Gasteiger partial charge in [-0.1, -0.05) is 115 Å². The minimum Gasteiger partial charge on any atom is -0.455 e. The lowest BCUT2D eigenvalue weighted by Gasteiger charge is -2.69. The van der Waals surface area contributed by atoms with Crippen molar-refractivity contribution < 1.29 is 59.6 Å². The van der Waals surface area contributed by atoms with Crippen LogP contribution < -0.4 is 0 Å². The van der Waals surface area contributed by atoms with E-state index in [1.54, 1.807) is 45.6 Å². The molecule has 17 heteroatoms. The number of carbonyl (C=O) groups excluding carboxylic acids is 3. The normalized spacial score (nSPS) is 30.8. The van der Waals surface area contributed by atoms with Crippen LogP contribution in [-0.4, -0.2) is 122 Å². The third-order valence-corrected chi connectivity index (χ3v) is 31.2. The van der Waals surface area contributed by atoms with E-state index in [2.05, 4.69) is 117 Å². The summed E-state index contributed by atoms with van der Waals surface area (Å²) in [6, 6.07) is 8.88. The van der Waals surface area contributed by atoms with Crippen LogP contribution in [0.2, 0.25) is 46.3 Å². The summed E-state index contributed by atoms with van der Waals surface area (Å²) >= 11 is 0. The smallest absolute Gasteiger partial charge is 0.344 e. The maximum Gasteiger partial charge on any atom is 0.344 e. The molecule has 1 saturated heterocycles. The van der Waals surface area contributed by atoms with Gasteiger partial charge >= 0.3 is 37.6 Å². The number of rotatable bonds is 20. The molecule has 0 spiro atoms. The monoisotopic (exact) mass is 1030 g/mol. The van der Waals surface area contributed by atoms with Gasteiger partial charge in [-0.15, -0.1) is 0 Å². The maximum absolute atomic E-state index is 17.4. The Morgan fingerprint density at radius 3 is 1.64 bits per heavy atom. The van der Waals surface area contributed by atoms with Crippen LogP contribution in [0.3, 0.4) is 0 Å². The second-order valence-corrected chi connectivity index (χ2v) is 38.4. The Morgan fingerprint density at radius 1 is 0.739 bits per heavy atom. The van der Waals surface area contributed by atoms with Gasteiger partial charge in [0.25, 0.3) is 0 Å². The van der Waals surface area contributed by atoms with Crippen LogP contribution >= 0.6 is 0 Å². The molecule has 1 radical (unpaired) electrons. The topological polar surface area (TPSA) is 144 Å². The highest BCUT2D eigenvalue weighted by Crippen LogP contribution is 2.67. The Hall–Kier alpha value is -1.88. The highest BCUT2D eigenvalue weighted by atomic mass is 28.4. The first-order valence-electron chi connectivity index (χ1n) is 25.4. The molecule has 0 amide bonds. The third kappa shape index (κ3) is 9.39. The van der Waals surface area contributed by atoms with Gasteiger partial charge in [-0.25, -0.2) is 4.79 Å². The van der Waals surface area contributed by atoms with Crippen molar-refractivity contribution >= 4 is 52.4 Å². The molecule has 69 heavy (non-hydrogen) atoms. The Bertz CT molecular complexity index is 2000. The van der Waals surface area contributed by atoms with Crippen LogP contribution in [0.25, 0.3) is 0 Å². The zero-order valence-electron chi connectivity index (χ0n) is 46.2. The largest absolute Gasteiger partial charge is 0.455 e. The van der Waals surface area contributed by atoms with E-state index in [4.69, 9.17) is 45.2 Å². The molecular formula is C52H89O13Si4. The number of Topliss-reactive ketones (excluding diaryl/α,β-unsaturated/α-hetero) is 1. The quantitative estimate of drug-likeness (QED) is 0.0695. The minimum absolute atomic E-state index is 0.0245. The fourth-order valence-electron chi connectivity index (χ4n) is 13.6. The number of benzene rings is 1. The number of ether oxygens (including phenoxy) is 3. The van der Waals surface area contributed by atoms with Crippen molar-refractivity contribution in [3.8, 4) is 0 Å². The summed E-state index contributed by atoms with van der Waals surface area (Å²) in [6.45, 7) is 39.1. The molecular weight excluding hydrogens is 945 g/mol. The summed E-state index contributed by atoms with van der Waals surface area (Å²) in [5.41, 5.74) is -4.04. The summed E-state index contributed by atoms with van der Waals surface area (Å²) in [6.07, 6.45) is -4.42. The predicted octanol–water partition coefficient (Wildman–Crippen LogP) is 11.2. The molecule has 4 aliphatic rings. The van der Waals surface area contributed by atoms with Crippen molar-refractivity contribution in [2.75, 3.05) is 27.9 Å². The fraction of sp³-hybridized carbons (Fsp3) is 0.788. The van der Waals surface area contributed by atoms with Gasteiger partial charge in [0.1, 0.15) is 23.9 Å². The SMILES string of the molecule is CO[Si](O[C@H]1C(=O)[C@@]2(C)C([C@H](OC(=O)c3ccccc3)[C@]3(O[Si](C)C)C[C@H](O[Si](OC)(C(C)C)C(C)C)C(C)=C1C3(C)C)[C@]1(OC(C)=O)COC1C[C@@H]2O[Si](OC)(C(C)C)C(C)C)(C(C)C)C(C)C. The molecule has 5 rings (SSSR count). The molecule has 1 aromatic rings. The molecule has 0 aromatic heterocycles. The number of ketones is 1. The van der Waals surface area contributed by atoms with Crippen molar-refractivity contribution in [2.45, 2.75) is 219 Å². The first kappa shape index (κ1) is 58.0. The maximum atomic E-state index is 17.4. The molecule has 0 N–H and O–H groups in total. The van der Waals surface area contributed by atoms with Gasteiger partial charge in [0, 0.05) is 46.5 Å². The van der Waals surface area contributed by atoms with Crippen molar-refractivity contribution in [3.05, 3.63) is 47.0 Å². The van der Waals surface area contributed by atoms with E-state index in [9.17, 15) is 4.79 Å². The van der Waals surface area contributed by atoms with Crippen molar-refractivity contribution in [1.82, 2.24) is 0 Å². The molecule has 9 atom stereocenters. The number of hydrogen-bond acceptors (Lipinski definition) is 13. The average molecular weight is 1030 g/mol. The van der Waals surface area contributed by atoms with Gasteiger partial charge in [-0.2, -0.15) is 0 Å². The summed E-state index contributed by atoms with van der Waals surface area (Å²) < 4.78 is 71.3. The van der Waals surface area contributed by atoms with Gasteiger partial charge < -0.3 is 45.2 Å². The lowest BCUT2D eigenvalue weighted by atomic mass is 9.44. The molecule has 2 unspecified atom stereocenters. The zero-order valence-corrected chi connectivity index (χ0v) is 50.2. The highest BCUT2D eigenvalue weighted by molar-refractivity contribution is 6.71. The van der Waals surface area contributed by atoms with Crippen LogP contribution in [0.4, 0.5) is 0 Å². The number of esters is 2. The third-order valence-electron chi connectivity index (χ3n) is 16.9. The summed E-state index contributed by atoms with van der Waals surface area (Å²) in [5, 5.41) is 0. The molecule has 2 saturated carbocycles. The molecule has 2 bridgehead atoms. The lowest BCUT2D eigenvalue weighted by Crippen LogP contribution is -2.83. The van der Waals surface area contributed by atoms with Crippen molar-refractivity contribution in [3.63, 3.8) is 0 Å². The first-order valence-corrected chi connectivity index (χ1v) is 33.8. The second kappa shape index (κ2) is 21.2. The number of fused-ring (bicyclic) bond motifs is 5. The zero-order chi connectivity index (χ0) is 52.2. The van der Waals surface area contributed by atoms with E-state index in [0.717, 1.165) is 5.57 Å². The van der Waals surface area contributed by atoms with Crippen LogP contribution in [0.15, 0.2) is 41.5 Å². The van der Waals surface area contributed by atoms with Crippen LogP contribution in [0, 0.1) is 16.7 Å². The van der Waals surface area contributed by atoms with Crippen LogP contribution in [-0.2, 0) is 54.8 Å². The molecule has 1 aromatic carbocycles. The standard InChI is InChI=1S/C52H89O13Si4/c1-31(2)67(56-18,32(3)4)62-40-29-52(65-66(21)22)47(60-48(55)39-26-24-23-25-27-39)45-50(17,46(54)44(43(37(40)13)49(52,15)16)64-69(58-20,35(9)10)36(11)12)41(63-68(57-19,33(5)6)34(7)8)28-42-51(45,30-59-42)61-38(14)53/h23-27,31-36,40-42,44-45,47H,28-30H2,1-22H3/t40-,41-,42?,44+,45?,47-,50+,51-,52+/m0/s1. The molecule has 3 aliphatic carbocycles. The van der Waals surface area contributed by atoms with Crippen molar-refractivity contribution in [2.24, 2.45) is 16.7 Å². The average Bonchev–Trinajstić information content (AvgIpc) is 3.25. The number of hydrogen-bond donors (Lipinski definition) is 0. The van der Waals surface area contributed by atoms with E-state index in [0.29, 0.717) is 11.1 Å². The minimum atomic E-state index is -3.36. The van der Waals surface area contributed by atoms with E-state index in [1.807, 2.05) is 13.0 Å². The Kier molecular flexibility index (Phi) is 17.8. The Labute approximate surface area is 420 Å². The van der Waals surface area contributed by atoms with Gasteiger partial charge in [-0.3, -0.25) is 9.59 Å². The number of carbonyl (C=O) groups is 3. The van der Waals surface area contributed by atoms with E-state index >= 15 is 9.59 Å². The summed E-state index contributed by atoms with van der Waals surface area (Å²) in [7, 11) is -6.27. The molecule has 391 valence electrons. The van der Waals surface area contributed by atoms with E-state index in [1.165, 1.54) is 6.92 Å². The Morgan fingerprint density at radius 2 is 1.22 bits per heavy atom. The van der Waals surface area contributed by atoms with Gasteiger partial charge in [0.05, 0.1) is 35.7 Å². The van der Waals surface area contributed by atoms with Gasteiger partial charge in [-0.05, 0) is 83.5 Å². The highest BCUT2D eigenvalue weighted by Gasteiger charge is 2.80. The van der Waals surface area contributed by atoms with Gasteiger partial charge in [0.2, 0.25) is 9.04 Å². The van der Waals surface area contributed by atoms with E-state index in [-0.39, 0.29) is 58.5 Å². The summed E-state index contributed by atoms with van der Waals surface area (Å²) in [5.74, 6) is -2.55. The predicted molar refractivity (Wildman–Crippen MR) is 277 cm³/mol.